The molecule has 1 unspecified atom stereocenters. The second kappa shape index (κ2) is 7.82. The predicted octanol–water partition coefficient (Wildman–Crippen LogP) is 2.73. The molecule has 0 saturated carbocycles. The third-order valence-electron chi connectivity index (χ3n) is 5.82. The minimum atomic E-state index is -1.05. The van der Waals surface area contributed by atoms with Gasteiger partial charge in [0.2, 0.25) is 0 Å². The lowest BCUT2D eigenvalue weighted by molar-refractivity contribution is -0.133. The minimum absolute atomic E-state index is 0.157. The Morgan fingerprint density at radius 3 is 2.47 bits per heavy atom. The maximum absolute atomic E-state index is 13.2. The van der Waals surface area contributed by atoms with E-state index in [-0.39, 0.29) is 24.9 Å². The number of amides is 4. The maximum Gasteiger partial charge on any atom is 0.325 e. The highest BCUT2D eigenvalue weighted by Gasteiger charge is 2.53. The molecule has 7 nitrogen and oxygen atoms in total. The number of aryl methyl sites for hydroxylation is 1. The molecular weight excluding hydrogens is 382 g/mol. The second-order valence-electron chi connectivity index (χ2n) is 7.95. The Kier molecular flexibility index (Phi) is 5.20. The number of methoxy groups -OCH3 is 1. The molecule has 7 heteroatoms. The van der Waals surface area contributed by atoms with Crippen LogP contribution in [0.5, 0.6) is 5.75 Å². The Bertz CT molecular complexity index is 971. The van der Waals surface area contributed by atoms with Crippen LogP contribution in [0.15, 0.2) is 48.5 Å². The first-order chi connectivity index (χ1) is 14.4. The summed E-state index contributed by atoms with van der Waals surface area (Å²) in [4.78, 5) is 41.8. The van der Waals surface area contributed by atoms with Crippen molar-refractivity contribution in [3.05, 3.63) is 65.2 Å². The Balaban J connectivity index is 1.50. The summed E-state index contributed by atoms with van der Waals surface area (Å²) in [7, 11) is 1.57. The number of likely N-dealkylation sites (tertiary alicyclic amines) is 1. The van der Waals surface area contributed by atoms with Gasteiger partial charge in [-0.2, -0.15) is 0 Å². The molecule has 1 spiro atoms. The van der Waals surface area contributed by atoms with Crippen LogP contribution in [0.1, 0.15) is 34.3 Å². The number of hydrogen-bond donors (Lipinski definition) is 1. The first-order valence-electron chi connectivity index (χ1n) is 10.0. The summed E-state index contributed by atoms with van der Waals surface area (Å²) in [5, 5.41) is 2.88. The highest BCUT2D eigenvalue weighted by Crippen LogP contribution is 2.30. The first kappa shape index (κ1) is 19.9. The van der Waals surface area contributed by atoms with Gasteiger partial charge in [0.1, 0.15) is 11.3 Å². The molecule has 0 aliphatic carbocycles. The minimum Gasteiger partial charge on any atom is -0.497 e. The van der Waals surface area contributed by atoms with E-state index >= 15 is 0 Å². The Labute approximate surface area is 175 Å². The quantitative estimate of drug-likeness (QED) is 0.791. The summed E-state index contributed by atoms with van der Waals surface area (Å²) >= 11 is 0. The summed E-state index contributed by atoms with van der Waals surface area (Å²) in [6.07, 6.45) is 1.17. The van der Waals surface area contributed by atoms with E-state index in [1.165, 1.54) is 4.90 Å². The van der Waals surface area contributed by atoms with E-state index in [9.17, 15) is 14.4 Å². The molecule has 0 bridgehead atoms. The largest absolute Gasteiger partial charge is 0.497 e. The number of nitrogens with zero attached hydrogens (tertiary/aromatic N) is 2. The average Bonchev–Trinajstić information content (AvgIpc) is 2.98. The maximum atomic E-state index is 13.2. The third-order valence-corrected chi connectivity index (χ3v) is 5.82. The van der Waals surface area contributed by atoms with Crippen LogP contribution >= 0.6 is 0 Å². The van der Waals surface area contributed by atoms with Gasteiger partial charge in [-0.15, -0.1) is 0 Å². The lowest BCUT2D eigenvalue weighted by Crippen LogP contribution is -2.59. The van der Waals surface area contributed by atoms with E-state index < -0.39 is 11.6 Å². The first-order valence-corrected chi connectivity index (χ1v) is 10.0. The van der Waals surface area contributed by atoms with Crippen LogP contribution in [0.2, 0.25) is 0 Å². The number of carbonyl (C=O) groups is 3. The third kappa shape index (κ3) is 3.63. The van der Waals surface area contributed by atoms with Crippen LogP contribution < -0.4 is 10.1 Å². The molecule has 2 aromatic carbocycles. The zero-order valence-electron chi connectivity index (χ0n) is 17.2. The molecule has 4 amide bonds. The van der Waals surface area contributed by atoms with Gasteiger partial charge in [0.15, 0.2) is 0 Å². The molecule has 30 heavy (non-hydrogen) atoms. The summed E-state index contributed by atoms with van der Waals surface area (Å²) in [5.74, 6) is 0.253. The number of nitrogens with one attached hydrogen (secondary N) is 1. The smallest absolute Gasteiger partial charge is 0.325 e. The predicted molar refractivity (Wildman–Crippen MR) is 111 cm³/mol. The van der Waals surface area contributed by atoms with Crippen molar-refractivity contribution in [2.24, 2.45) is 0 Å². The van der Waals surface area contributed by atoms with E-state index in [1.807, 2.05) is 31.2 Å². The second-order valence-corrected chi connectivity index (χ2v) is 7.95. The standard InChI is InChI=1S/C23H25N3O4/c1-16-4-6-17(7-5-16)14-26-21(28)23(24-22(26)29)12-3-13-25(15-23)20(27)18-8-10-19(30-2)11-9-18/h4-11H,3,12-15H2,1-2H3,(H,24,29). The molecule has 2 aliphatic heterocycles. The Morgan fingerprint density at radius 2 is 1.80 bits per heavy atom. The lowest BCUT2D eigenvalue weighted by Gasteiger charge is -2.38. The summed E-state index contributed by atoms with van der Waals surface area (Å²) < 4.78 is 5.14. The number of hydrogen-bond acceptors (Lipinski definition) is 4. The van der Waals surface area contributed by atoms with Gasteiger partial charge < -0.3 is 15.0 Å². The van der Waals surface area contributed by atoms with Crippen LogP contribution in [0, 0.1) is 6.92 Å². The van der Waals surface area contributed by atoms with Crippen molar-refractivity contribution < 1.29 is 19.1 Å². The zero-order chi connectivity index (χ0) is 21.3. The Hall–Kier alpha value is -3.35. The highest BCUT2D eigenvalue weighted by atomic mass is 16.5. The number of urea groups is 1. The molecule has 1 atom stereocenters. The van der Waals surface area contributed by atoms with Crippen molar-refractivity contribution >= 4 is 17.8 Å². The van der Waals surface area contributed by atoms with Gasteiger partial charge >= 0.3 is 6.03 Å². The normalized spacial score (nSPS) is 21.1. The molecule has 2 aromatic rings. The molecule has 0 aromatic heterocycles. The van der Waals surface area contributed by atoms with E-state index in [2.05, 4.69) is 5.32 Å². The summed E-state index contributed by atoms with van der Waals surface area (Å²) in [6, 6.07) is 14.2. The topological polar surface area (TPSA) is 79.0 Å². The van der Waals surface area contributed by atoms with Crippen molar-refractivity contribution in [3.63, 3.8) is 0 Å². The van der Waals surface area contributed by atoms with Gasteiger partial charge in [-0.25, -0.2) is 4.79 Å². The molecule has 1 N–H and O–H groups in total. The van der Waals surface area contributed by atoms with Crippen molar-refractivity contribution in [3.8, 4) is 5.75 Å². The molecule has 156 valence electrons. The highest BCUT2D eigenvalue weighted by molar-refractivity contribution is 6.07. The van der Waals surface area contributed by atoms with Crippen LogP contribution in [0.25, 0.3) is 0 Å². The fourth-order valence-corrected chi connectivity index (χ4v) is 4.12. The summed E-state index contributed by atoms with van der Waals surface area (Å²) in [5.41, 5.74) is 1.49. The van der Waals surface area contributed by atoms with Crippen LogP contribution in [-0.4, -0.2) is 53.4 Å². The number of ether oxygens (including phenoxy) is 1. The lowest BCUT2D eigenvalue weighted by atomic mass is 9.88. The number of benzene rings is 2. The van der Waals surface area contributed by atoms with Gasteiger partial charge in [-0.1, -0.05) is 29.8 Å². The van der Waals surface area contributed by atoms with Gasteiger partial charge in [-0.3, -0.25) is 14.5 Å². The van der Waals surface area contributed by atoms with E-state index in [0.29, 0.717) is 30.7 Å². The Morgan fingerprint density at radius 1 is 1.10 bits per heavy atom. The van der Waals surface area contributed by atoms with Crippen molar-refractivity contribution in [2.75, 3.05) is 20.2 Å². The van der Waals surface area contributed by atoms with Crippen molar-refractivity contribution in [1.82, 2.24) is 15.1 Å². The fourth-order valence-electron chi connectivity index (χ4n) is 4.12. The SMILES string of the molecule is COc1ccc(C(=O)N2CCCC3(C2)NC(=O)N(Cc2ccc(C)cc2)C3=O)cc1. The van der Waals surface area contributed by atoms with Gasteiger partial charge in [0.25, 0.3) is 11.8 Å². The van der Waals surface area contributed by atoms with Gasteiger partial charge in [-0.05, 0) is 49.6 Å². The van der Waals surface area contributed by atoms with Crippen molar-refractivity contribution in [1.29, 1.82) is 0 Å². The molecule has 2 aliphatic rings. The van der Waals surface area contributed by atoms with E-state index in [0.717, 1.165) is 11.1 Å². The average molecular weight is 407 g/mol. The molecule has 4 rings (SSSR count). The van der Waals surface area contributed by atoms with Crippen molar-refractivity contribution in [2.45, 2.75) is 31.8 Å². The molecular formula is C23H25N3O4. The molecule has 2 saturated heterocycles. The fraction of sp³-hybridized carbons (Fsp3) is 0.348. The molecule has 2 fully saturated rings. The van der Waals surface area contributed by atoms with Gasteiger partial charge in [0, 0.05) is 12.1 Å². The molecule has 2 heterocycles. The number of imide groups is 1. The number of piperidine rings is 1. The number of rotatable bonds is 4. The summed E-state index contributed by atoms with van der Waals surface area (Å²) in [6.45, 7) is 2.93. The van der Waals surface area contributed by atoms with Crippen LogP contribution in [0.4, 0.5) is 4.79 Å². The molecule has 0 radical (unpaired) electrons. The van der Waals surface area contributed by atoms with E-state index in [1.54, 1.807) is 36.3 Å². The number of carbonyl (C=O) groups excluding carboxylic acids is 3. The zero-order valence-corrected chi connectivity index (χ0v) is 17.2. The van der Waals surface area contributed by atoms with E-state index in [4.69, 9.17) is 4.74 Å². The monoisotopic (exact) mass is 407 g/mol. The van der Waals surface area contributed by atoms with Crippen LogP contribution in [-0.2, 0) is 11.3 Å². The van der Waals surface area contributed by atoms with Crippen LogP contribution in [0.3, 0.4) is 0 Å². The van der Waals surface area contributed by atoms with Gasteiger partial charge in [0.05, 0.1) is 20.2 Å².